The molecule has 11 nitrogen and oxygen atoms in total. The Hall–Kier alpha value is -5.02. The van der Waals surface area contributed by atoms with Gasteiger partial charge in [0, 0.05) is 49.1 Å². The number of pyridine rings is 3. The molecular formula is C34H36FN7O4. The van der Waals surface area contributed by atoms with E-state index in [4.69, 9.17) is 21.0 Å². The van der Waals surface area contributed by atoms with Gasteiger partial charge in [0.15, 0.2) is 5.82 Å². The maximum Gasteiger partial charge on any atom is 0.343 e. The van der Waals surface area contributed by atoms with Gasteiger partial charge in [-0.25, -0.2) is 24.0 Å². The second-order valence-electron chi connectivity index (χ2n) is 12.2. The first-order valence-corrected chi connectivity index (χ1v) is 15.3. The Bertz CT molecular complexity index is 1880. The first-order chi connectivity index (χ1) is 22.1. The van der Waals surface area contributed by atoms with Crippen molar-refractivity contribution in [1.82, 2.24) is 19.4 Å². The zero-order valence-electron chi connectivity index (χ0n) is 26.4. The normalized spacial score (nSPS) is 18.1. The van der Waals surface area contributed by atoms with Crippen LogP contribution >= 0.6 is 0 Å². The maximum atomic E-state index is 14.3. The van der Waals surface area contributed by atoms with E-state index in [-0.39, 0.29) is 35.7 Å². The van der Waals surface area contributed by atoms with Crippen molar-refractivity contribution in [2.24, 2.45) is 0 Å². The second-order valence-corrected chi connectivity index (χ2v) is 12.2. The highest BCUT2D eigenvalue weighted by atomic mass is 19.1. The Morgan fingerprint density at radius 1 is 1.22 bits per heavy atom. The number of rotatable bonds is 9. The molecule has 0 amide bonds. The van der Waals surface area contributed by atoms with Crippen LogP contribution in [0.5, 0.6) is 5.88 Å². The molecule has 2 fully saturated rings. The van der Waals surface area contributed by atoms with Gasteiger partial charge in [0.2, 0.25) is 17.0 Å². The predicted octanol–water partition coefficient (Wildman–Crippen LogP) is 4.84. The Morgan fingerprint density at radius 3 is 2.70 bits per heavy atom. The molecule has 2 aliphatic rings. The summed E-state index contributed by atoms with van der Waals surface area (Å²) < 4.78 is 27.1. The first-order valence-electron chi connectivity index (χ1n) is 15.3. The molecule has 1 aromatic carbocycles. The minimum absolute atomic E-state index is 0.0776. The Morgan fingerprint density at radius 2 is 2.02 bits per heavy atom. The summed E-state index contributed by atoms with van der Waals surface area (Å²) in [6, 6.07) is 10.5. The molecular weight excluding hydrogens is 589 g/mol. The Kier molecular flexibility index (Phi) is 8.35. The number of likely N-dealkylation sites (N-methyl/N-ethyl adjacent to an activating group) is 1. The first kappa shape index (κ1) is 31.0. The van der Waals surface area contributed by atoms with E-state index in [0.717, 1.165) is 31.7 Å². The van der Waals surface area contributed by atoms with E-state index in [1.807, 2.05) is 25.1 Å². The molecule has 0 unspecified atom stereocenters. The Balaban J connectivity index is 1.43. The Labute approximate surface area is 266 Å². The van der Waals surface area contributed by atoms with Crippen LogP contribution in [0.25, 0.3) is 21.4 Å². The van der Waals surface area contributed by atoms with Crippen molar-refractivity contribution in [3.8, 4) is 11.6 Å². The number of anilines is 2. The van der Waals surface area contributed by atoms with Crippen molar-refractivity contribution in [3.63, 3.8) is 0 Å². The van der Waals surface area contributed by atoms with Crippen molar-refractivity contribution < 1.29 is 18.7 Å². The number of fused-ring (bicyclic) bond motifs is 1. The molecule has 238 valence electrons. The minimum Gasteiger partial charge on any atom is -0.473 e. The van der Waals surface area contributed by atoms with Crippen molar-refractivity contribution in [1.29, 1.82) is 0 Å². The standard InChI is InChI=1S/C34H36FN7O4/c1-6-45-33(44)25-20-41(22-10-11-30(38-17-22)40-18-23(19-40)39(4)5)28-16-29(27(36-3)15-24(28)31(25)43)42-14-8-12-34(42,2)21-46-32-26(35)9-7-13-37-32/h7,9-11,13,15-17,20,23H,6,8,12,14,18-19,21H2,1-2,4-5H3/t34-/m0/s1. The lowest BCUT2D eigenvalue weighted by Gasteiger charge is -2.43. The molecule has 0 radical (unpaired) electrons. The summed E-state index contributed by atoms with van der Waals surface area (Å²) in [7, 11) is 4.12. The molecule has 5 heterocycles. The third-order valence-corrected chi connectivity index (χ3v) is 8.93. The number of nitrogens with zero attached hydrogens (tertiary/aromatic N) is 7. The summed E-state index contributed by atoms with van der Waals surface area (Å²) >= 11 is 0. The lowest BCUT2D eigenvalue weighted by Crippen LogP contribution is -2.57. The molecule has 12 heteroatoms. The molecule has 46 heavy (non-hydrogen) atoms. The molecule has 1 atom stereocenters. The predicted molar refractivity (Wildman–Crippen MR) is 174 cm³/mol. The number of carbonyl (C=O) groups excluding carboxylic acids is 1. The molecule has 6 rings (SSSR count). The van der Waals surface area contributed by atoms with Crippen molar-refractivity contribution in [3.05, 3.63) is 88.0 Å². The van der Waals surface area contributed by atoms with E-state index < -0.39 is 22.8 Å². The largest absolute Gasteiger partial charge is 0.473 e. The average Bonchev–Trinajstić information content (AvgIpc) is 3.41. The van der Waals surface area contributed by atoms with Crippen molar-refractivity contribution >= 4 is 34.1 Å². The fourth-order valence-corrected chi connectivity index (χ4v) is 6.19. The summed E-state index contributed by atoms with van der Waals surface area (Å²) in [5, 5.41) is 0.216. The lowest BCUT2D eigenvalue weighted by atomic mass is 9.98. The zero-order chi connectivity index (χ0) is 32.6. The fraction of sp³-hybridized carbons (Fsp3) is 0.382. The minimum atomic E-state index is -0.734. The number of hydrogen-bond donors (Lipinski definition) is 0. The average molecular weight is 626 g/mol. The second kappa shape index (κ2) is 12.4. The summed E-state index contributed by atoms with van der Waals surface area (Å²) in [6.45, 7) is 14.3. The highest BCUT2D eigenvalue weighted by molar-refractivity contribution is 5.97. The van der Waals surface area contributed by atoms with Gasteiger partial charge in [-0.05, 0) is 77.2 Å². The van der Waals surface area contributed by atoms with Crippen LogP contribution in [0.3, 0.4) is 0 Å². The van der Waals surface area contributed by atoms with Crippen LogP contribution in [0.15, 0.2) is 59.8 Å². The van der Waals surface area contributed by atoms with E-state index in [1.165, 1.54) is 24.5 Å². The van der Waals surface area contributed by atoms with E-state index in [1.54, 1.807) is 23.8 Å². The van der Waals surface area contributed by atoms with Crippen LogP contribution in [-0.4, -0.2) is 83.9 Å². The van der Waals surface area contributed by atoms with Crippen LogP contribution < -0.4 is 20.0 Å². The van der Waals surface area contributed by atoms with E-state index in [0.29, 0.717) is 29.5 Å². The molecule has 3 aromatic heterocycles. The van der Waals surface area contributed by atoms with E-state index in [9.17, 15) is 14.0 Å². The summed E-state index contributed by atoms with van der Waals surface area (Å²) in [5.41, 5.74) is 0.800. The molecule has 0 spiro atoms. The van der Waals surface area contributed by atoms with Gasteiger partial charge in [-0.3, -0.25) is 4.79 Å². The van der Waals surface area contributed by atoms with Gasteiger partial charge < -0.3 is 28.7 Å². The lowest BCUT2D eigenvalue weighted by molar-refractivity contribution is 0.0524. The van der Waals surface area contributed by atoms with Gasteiger partial charge in [-0.15, -0.1) is 0 Å². The molecule has 0 saturated carbocycles. The van der Waals surface area contributed by atoms with Crippen LogP contribution in [0.2, 0.25) is 0 Å². The molecule has 2 aliphatic heterocycles. The number of hydrogen-bond acceptors (Lipinski definition) is 9. The van der Waals surface area contributed by atoms with Crippen molar-refractivity contribution in [2.45, 2.75) is 38.3 Å². The maximum absolute atomic E-state index is 14.3. The SMILES string of the molecule is [C-]#[N+]c1cc2c(=O)c(C(=O)OCC)cn(-c3ccc(N4CC(N(C)C)C4)nc3)c2cc1N1CCC[C@@]1(C)COc1ncccc1F. The number of benzene rings is 1. The summed E-state index contributed by atoms with van der Waals surface area (Å²) in [6.07, 6.45) is 6.24. The third-order valence-electron chi connectivity index (χ3n) is 8.93. The number of halogens is 1. The third kappa shape index (κ3) is 5.63. The molecule has 4 aromatic rings. The number of ether oxygens (including phenoxy) is 2. The van der Waals surface area contributed by atoms with Crippen LogP contribution in [0.1, 0.15) is 37.0 Å². The fourth-order valence-electron chi connectivity index (χ4n) is 6.19. The van der Waals surface area contributed by atoms with Gasteiger partial charge in [-0.1, -0.05) is 0 Å². The van der Waals surface area contributed by atoms with Gasteiger partial charge in [0.25, 0.3) is 0 Å². The van der Waals surface area contributed by atoms with Crippen LogP contribution in [0, 0.1) is 12.4 Å². The highest BCUT2D eigenvalue weighted by Crippen LogP contribution is 2.42. The molecule has 2 saturated heterocycles. The highest BCUT2D eigenvalue weighted by Gasteiger charge is 2.39. The summed E-state index contributed by atoms with van der Waals surface area (Å²) in [5.74, 6) is -0.518. The number of aromatic nitrogens is 3. The number of esters is 1. The van der Waals surface area contributed by atoms with Crippen molar-refractivity contribution in [2.75, 3.05) is 56.7 Å². The van der Waals surface area contributed by atoms with Crippen LogP contribution in [-0.2, 0) is 4.74 Å². The van der Waals surface area contributed by atoms with E-state index >= 15 is 0 Å². The topological polar surface area (TPSA) is 97.4 Å². The molecule has 0 bridgehead atoms. The van der Waals surface area contributed by atoms with Crippen LogP contribution in [0.4, 0.5) is 21.6 Å². The van der Waals surface area contributed by atoms with E-state index in [2.05, 4.69) is 38.6 Å². The van der Waals surface area contributed by atoms with Gasteiger partial charge in [0.05, 0.1) is 36.1 Å². The van der Waals surface area contributed by atoms with Gasteiger partial charge >= 0.3 is 5.97 Å². The van der Waals surface area contributed by atoms with Gasteiger partial charge in [0.1, 0.15) is 18.0 Å². The summed E-state index contributed by atoms with van der Waals surface area (Å²) in [4.78, 5) is 45.6. The quantitative estimate of drug-likeness (QED) is 0.191. The molecule has 0 N–H and O–H groups in total. The monoisotopic (exact) mass is 625 g/mol. The molecule has 0 aliphatic carbocycles. The van der Waals surface area contributed by atoms with Gasteiger partial charge in [-0.2, -0.15) is 0 Å². The zero-order valence-corrected chi connectivity index (χ0v) is 26.4. The smallest absolute Gasteiger partial charge is 0.343 e. The number of carbonyl (C=O) groups is 1.